The molecule has 0 amide bonds. The highest BCUT2D eigenvalue weighted by atomic mass is 15.1. The van der Waals surface area contributed by atoms with Crippen molar-refractivity contribution in [2.45, 2.75) is 19.8 Å². The van der Waals surface area contributed by atoms with Gasteiger partial charge in [-0.25, -0.2) is 0 Å². The molecule has 0 atom stereocenters. The van der Waals surface area contributed by atoms with Crippen molar-refractivity contribution in [3.63, 3.8) is 0 Å². The first-order valence-electron chi connectivity index (χ1n) is 5.19. The van der Waals surface area contributed by atoms with E-state index in [0.29, 0.717) is 0 Å². The maximum atomic E-state index is 5.43. The Morgan fingerprint density at radius 3 is 1.86 bits per heavy atom. The molecule has 2 rings (SSSR count). The lowest BCUT2D eigenvalue weighted by molar-refractivity contribution is 0.418. The van der Waals surface area contributed by atoms with Gasteiger partial charge in [0.05, 0.1) is 0 Å². The van der Waals surface area contributed by atoms with Gasteiger partial charge in [0.2, 0.25) is 0 Å². The highest BCUT2D eigenvalue weighted by Crippen LogP contribution is 2.02. The third kappa shape index (κ3) is 4.47. The summed E-state index contributed by atoms with van der Waals surface area (Å²) in [6.45, 7) is 4.68. The van der Waals surface area contributed by atoms with Gasteiger partial charge in [0, 0.05) is 0 Å². The number of hydrogen-bond donors (Lipinski definition) is 0. The van der Waals surface area contributed by atoms with E-state index in [1.807, 2.05) is 31.2 Å². The summed E-state index contributed by atoms with van der Waals surface area (Å²) in [5.74, 6) is 0. The van der Waals surface area contributed by atoms with Gasteiger partial charge in [-0.05, 0) is 39.9 Å². The van der Waals surface area contributed by atoms with Gasteiger partial charge < -0.3 is 4.90 Å². The number of nitrogens with zero attached hydrogens (tertiary/aromatic N) is 1. The van der Waals surface area contributed by atoms with Gasteiger partial charge in [0.1, 0.15) is 7.85 Å². The number of hydrogen-bond acceptors (Lipinski definition) is 1. The zero-order valence-corrected chi connectivity index (χ0v) is 9.16. The molecule has 0 unspecified atom stereocenters. The van der Waals surface area contributed by atoms with Crippen LogP contribution in [0.4, 0.5) is 0 Å². The summed E-state index contributed by atoms with van der Waals surface area (Å²) in [5.41, 5.74) is 2.08. The van der Waals surface area contributed by atoms with E-state index in [-0.39, 0.29) is 0 Å². The normalized spacial score (nSPS) is 16.1. The van der Waals surface area contributed by atoms with E-state index < -0.39 is 0 Å². The SMILES string of the molecule is CN1CCCC1.[B]c1ccc(C)cc1. The highest BCUT2D eigenvalue weighted by Gasteiger charge is 2.03. The van der Waals surface area contributed by atoms with Crippen LogP contribution in [-0.4, -0.2) is 32.9 Å². The van der Waals surface area contributed by atoms with Gasteiger partial charge in [-0.2, -0.15) is 0 Å². The second-order valence-electron chi connectivity index (χ2n) is 3.92. The van der Waals surface area contributed by atoms with Crippen LogP contribution in [0.2, 0.25) is 0 Å². The van der Waals surface area contributed by atoms with Crippen LogP contribution in [0.1, 0.15) is 18.4 Å². The van der Waals surface area contributed by atoms with Crippen LogP contribution in [-0.2, 0) is 0 Å². The van der Waals surface area contributed by atoms with Gasteiger partial charge in [-0.1, -0.05) is 35.3 Å². The zero-order chi connectivity index (χ0) is 10.4. The molecule has 1 fully saturated rings. The van der Waals surface area contributed by atoms with Gasteiger partial charge in [-0.15, -0.1) is 0 Å². The molecule has 1 aliphatic rings. The van der Waals surface area contributed by atoms with Crippen molar-refractivity contribution in [1.82, 2.24) is 4.90 Å². The third-order valence-electron chi connectivity index (χ3n) is 2.41. The molecular weight excluding hydrogens is 169 g/mol. The van der Waals surface area contributed by atoms with Crippen molar-refractivity contribution in [1.29, 1.82) is 0 Å². The molecule has 0 spiro atoms. The fraction of sp³-hybridized carbons (Fsp3) is 0.500. The molecule has 1 nitrogen and oxygen atoms in total. The Bertz CT molecular complexity index is 229. The predicted octanol–water partition coefficient (Wildman–Crippen LogP) is 1.50. The molecular formula is C12H18BN. The van der Waals surface area contributed by atoms with Crippen LogP contribution in [0, 0.1) is 6.92 Å². The summed E-state index contributed by atoms with van der Waals surface area (Å²) in [7, 11) is 7.60. The van der Waals surface area contributed by atoms with Gasteiger partial charge in [-0.3, -0.25) is 0 Å². The Labute approximate surface area is 88.5 Å². The molecule has 14 heavy (non-hydrogen) atoms. The second-order valence-corrected chi connectivity index (χ2v) is 3.92. The lowest BCUT2D eigenvalue weighted by atomic mass is 9.96. The van der Waals surface area contributed by atoms with Gasteiger partial charge in [0.15, 0.2) is 0 Å². The van der Waals surface area contributed by atoms with Crippen LogP contribution in [0.3, 0.4) is 0 Å². The van der Waals surface area contributed by atoms with E-state index in [1.54, 1.807) is 0 Å². The molecule has 0 N–H and O–H groups in total. The first kappa shape index (κ1) is 11.3. The first-order valence-corrected chi connectivity index (χ1v) is 5.19. The van der Waals surface area contributed by atoms with Crippen LogP contribution in [0.25, 0.3) is 0 Å². The Kier molecular flexibility index (Phi) is 4.74. The molecule has 0 bridgehead atoms. The van der Waals surface area contributed by atoms with Crippen molar-refractivity contribution >= 4 is 13.3 Å². The van der Waals surface area contributed by atoms with E-state index in [4.69, 9.17) is 7.85 Å². The van der Waals surface area contributed by atoms with Crippen molar-refractivity contribution < 1.29 is 0 Å². The summed E-state index contributed by atoms with van der Waals surface area (Å²) in [6.07, 6.45) is 2.83. The Morgan fingerprint density at radius 2 is 1.57 bits per heavy atom. The average Bonchev–Trinajstić information content (AvgIpc) is 2.63. The zero-order valence-electron chi connectivity index (χ0n) is 9.16. The summed E-state index contributed by atoms with van der Waals surface area (Å²) in [6, 6.07) is 7.79. The molecule has 1 aliphatic heterocycles. The molecule has 2 heteroatoms. The fourth-order valence-corrected chi connectivity index (χ4v) is 1.44. The number of benzene rings is 1. The van der Waals surface area contributed by atoms with Crippen LogP contribution >= 0.6 is 0 Å². The molecule has 2 radical (unpaired) electrons. The average molecular weight is 187 g/mol. The van der Waals surface area contributed by atoms with Crippen molar-refractivity contribution in [2.24, 2.45) is 0 Å². The fourth-order valence-electron chi connectivity index (χ4n) is 1.44. The molecule has 74 valence electrons. The smallest absolute Gasteiger partial charge is 0.113 e. The first-order chi connectivity index (χ1) is 6.68. The monoisotopic (exact) mass is 187 g/mol. The molecule has 0 saturated carbocycles. The second kappa shape index (κ2) is 5.87. The Morgan fingerprint density at radius 1 is 1.07 bits per heavy atom. The van der Waals surface area contributed by atoms with E-state index >= 15 is 0 Å². The lowest BCUT2D eigenvalue weighted by Crippen LogP contribution is -2.10. The minimum absolute atomic E-state index is 0.829. The molecule has 0 aromatic heterocycles. The van der Waals surface area contributed by atoms with Crippen molar-refractivity contribution in [3.8, 4) is 0 Å². The number of rotatable bonds is 0. The maximum absolute atomic E-state index is 5.43. The molecule has 1 aromatic carbocycles. The van der Waals surface area contributed by atoms with Gasteiger partial charge >= 0.3 is 0 Å². The van der Waals surface area contributed by atoms with Gasteiger partial charge in [0.25, 0.3) is 0 Å². The minimum atomic E-state index is 0.829. The standard InChI is InChI=1S/C7H7B.C5H11N/c1-6-2-4-7(8)5-3-6;1-6-4-2-3-5-6/h2-5H,1H3;2-5H2,1H3. The maximum Gasteiger partial charge on any atom is 0.113 e. The Hall–Kier alpha value is -0.755. The summed E-state index contributed by atoms with van der Waals surface area (Å²) in [4.78, 5) is 2.36. The van der Waals surface area contributed by atoms with E-state index in [1.165, 1.54) is 31.5 Å². The van der Waals surface area contributed by atoms with Crippen LogP contribution < -0.4 is 5.46 Å². The molecule has 1 saturated heterocycles. The van der Waals surface area contributed by atoms with Crippen LogP contribution in [0.15, 0.2) is 24.3 Å². The highest BCUT2D eigenvalue weighted by molar-refractivity contribution is 6.32. The molecule has 1 aromatic rings. The summed E-state index contributed by atoms with van der Waals surface area (Å²) < 4.78 is 0. The van der Waals surface area contributed by atoms with E-state index in [0.717, 1.165) is 5.46 Å². The quantitative estimate of drug-likeness (QED) is 0.556. The minimum Gasteiger partial charge on any atom is -0.306 e. The van der Waals surface area contributed by atoms with E-state index in [2.05, 4.69) is 11.9 Å². The molecule has 0 aliphatic carbocycles. The topological polar surface area (TPSA) is 3.24 Å². The third-order valence-corrected chi connectivity index (χ3v) is 2.41. The lowest BCUT2D eigenvalue weighted by Gasteiger charge is -2.01. The van der Waals surface area contributed by atoms with E-state index in [9.17, 15) is 0 Å². The largest absolute Gasteiger partial charge is 0.306 e. The Balaban J connectivity index is 0.000000146. The van der Waals surface area contributed by atoms with Crippen molar-refractivity contribution in [2.75, 3.05) is 20.1 Å². The summed E-state index contributed by atoms with van der Waals surface area (Å²) in [5, 5.41) is 0. The van der Waals surface area contributed by atoms with Crippen molar-refractivity contribution in [3.05, 3.63) is 29.8 Å². The number of aryl methyl sites for hydroxylation is 1. The van der Waals surface area contributed by atoms with Crippen LogP contribution in [0.5, 0.6) is 0 Å². The summed E-state index contributed by atoms with van der Waals surface area (Å²) >= 11 is 0. The predicted molar refractivity (Wildman–Crippen MR) is 63.3 cm³/mol. The number of likely N-dealkylation sites (tertiary alicyclic amines) is 1. The molecule has 1 heterocycles.